The maximum absolute atomic E-state index is 11.8. The van der Waals surface area contributed by atoms with Crippen LogP contribution in [0.2, 0.25) is 5.02 Å². The number of unbranched alkanes of at least 4 members (excludes halogenated alkanes) is 1. The van der Waals surface area contributed by atoms with Gasteiger partial charge in [-0.1, -0.05) is 62.9 Å². The summed E-state index contributed by atoms with van der Waals surface area (Å²) in [6.07, 6.45) is 4.81. The number of carbonyl (C=O) groups excluding carboxylic acids is 1. The van der Waals surface area contributed by atoms with Crippen LogP contribution in [0.25, 0.3) is 0 Å². The molecule has 21 heavy (non-hydrogen) atoms. The minimum absolute atomic E-state index is 0.127. The normalized spacial score (nSPS) is 12.1. The van der Waals surface area contributed by atoms with E-state index in [1.807, 2.05) is 24.3 Å². The van der Waals surface area contributed by atoms with Gasteiger partial charge in [0.25, 0.3) is 0 Å². The third kappa shape index (κ3) is 7.77. The van der Waals surface area contributed by atoms with Gasteiger partial charge >= 0.3 is 0 Å². The standard InChI is InChI=1S/C17H26ClNOS/c1-3-5-8-14(4-2)11-19-17(20)13-21-12-15-9-6-7-10-16(15)18/h6-7,9-10,14H,3-5,8,11-13H2,1-2H3,(H,19,20)/t14-/m1/s1. The Balaban J connectivity index is 2.20. The van der Waals surface area contributed by atoms with E-state index in [9.17, 15) is 4.79 Å². The highest BCUT2D eigenvalue weighted by Crippen LogP contribution is 2.20. The molecule has 1 aromatic rings. The first-order valence-electron chi connectivity index (χ1n) is 7.75. The second-order valence-electron chi connectivity index (χ2n) is 5.30. The molecule has 0 saturated heterocycles. The lowest BCUT2D eigenvalue weighted by Gasteiger charge is -2.15. The highest BCUT2D eigenvalue weighted by molar-refractivity contribution is 7.99. The van der Waals surface area contributed by atoms with Crippen LogP contribution in [-0.4, -0.2) is 18.2 Å². The third-order valence-corrected chi connectivity index (χ3v) is 4.93. The average Bonchev–Trinajstić information content (AvgIpc) is 2.49. The zero-order chi connectivity index (χ0) is 15.5. The Morgan fingerprint density at radius 2 is 2.10 bits per heavy atom. The fraction of sp³-hybridized carbons (Fsp3) is 0.588. The van der Waals surface area contributed by atoms with Crippen LogP contribution in [0.3, 0.4) is 0 Å². The van der Waals surface area contributed by atoms with Crippen molar-refractivity contribution >= 4 is 29.3 Å². The highest BCUT2D eigenvalue weighted by atomic mass is 35.5. The van der Waals surface area contributed by atoms with Crippen molar-refractivity contribution in [2.24, 2.45) is 5.92 Å². The average molecular weight is 328 g/mol. The summed E-state index contributed by atoms with van der Waals surface area (Å²) < 4.78 is 0. The van der Waals surface area contributed by atoms with Gasteiger partial charge in [-0.15, -0.1) is 11.8 Å². The fourth-order valence-corrected chi connectivity index (χ4v) is 3.26. The van der Waals surface area contributed by atoms with Crippen LogP contribution in [0, 0.1) is 5.92 Å². The number of carbonyl (C=O) groups is 1. The molecule has 0 fully saturated rings. The molecule has 0 saturated carbocycles. The van der Waals surface area contributed by atoms with Gasteiger partial charge in [0, 0.05) is 17.3 Å². The number of amides is 1. The van der Waals surface area contributed by atoms with E-state index in [2.05, 4.69) is 19.2 Å². The van der Waals surface area contributed by atoms with Gasteiger partial charge in [-0.25, -0.2) is 0 Å². The largest absolute Gasteiger partial charge is 0.355 e. The Labute approximate surface area is 138 Å². The number of halogens is 1. The third-order valence-electron chi connectivity index (χ3n) is 3.58. The summed E-state index contributed by atoms with van der Waals surface area (Å²) in [5, 5.41) is 3.82. The Morgan fingerprint density at radius 3 is 2.76 bits per heavy atom. The molecule has 4 heteroatoms. The van der Waals surface area contributed by atoms with E-state index in [0.717, 1.165) is 29.3 Å². The molecule has 1 atom stereocenters. The van der Waals surface area contributed by atoms with Gasteiger partial charge in [-0.3, -0.25) is 4.79 Å². The molecule has 0 heterocycles. The summed E-state index contributed by atoms with van der Waals surface area (Å²) in [5.41, 5.74) is 1.09. The number of hydrogen-bond acceptors (Lipinski definition) is 2. The second-order valence-corrected chi connectivity index (χ2v) is 6.70. The fourth-order valence-electron chi connectivity index (χ4n) is 2.12. The van der Waals surface area contributed by atoms with E-state index in [1.54, 1.807) is 11.8 Å². The van der Waals surface area contributed by atoms with Crippen molar-refractivity contribution in [1.82, 2.24) is 5.32 Å². The van der Waals surface area contributed by atoms with Crippen molar-refractivity contribution in [1.29, 1.82) is 0 Å². The smallest absolute Gasteiger partial charge is 0.230 e. The van der Waals surface area contributed by atoms with Crippen LogP contribution in [0.1, 0.15) is 45.1 Å². The van der Waals surface area contributed by atoms with Crippen LogP contribution < -0.4 is 5.32 Å². The molecule has 0 aliphatic heterocycles. The first kappa shape index (κ1) is 18.4. The van der Waals surface area contributed by atoms with Crippen LogP contribution in [-0.2, 0) is 10.5 Å². The lowest BCUT2D eigenvalue weighted by atomic mass is 9.99. The first-order chi connectivity index (χ1) is 10.2. The molecule has 118 valence electrons. The van der Waals surface area contributed by atoms with Crippen LogP contribution in [0.4, 0.5) is 0 Å². The minimum Gasteiger partial charge on any atom is -0.355 e. The Hall–Kier alpha value is -0.670. The Morgan fingerprint density at radius 1 is 1.33 bits per heavy atom. The van der Waals surface area contributed by atoms with Crippen LogP contribution >= 0.6 is 23.4 Å². The van der Waals surface area contributed by atoms with Crippen molar-refractivity contribution in [3.63, 3.8) is 0 Å². The summed E-state index contributed by atoms with van der Waals surface area (Å²) in [6.45, 7) is 5.21. The number of nitrogens with one attached hydrogen (secondary N) is 1. The van der Waals surface area contributed by atoms with Gasteiger partial charge in [0.05, 0.1) is 5.75 Å². The van der Waals surface area contributed by atoms with Crippen molar-refractivity contribution < 1.29 is 4.79 Å². The molecule has 2 nitrogen and oxygen atoms in total. The van der Waals surface area contributed by atoms with Crippen molar-refractivity contribution in [3.05, 3.63) is 34.9 Å². The summed E-state index contributed by atoms with van der Waals surface area (Å²) in [6, 6.07) is 7.79. The second kappa shape index (κ2) is 11.0. The molecule has 0 radical (unpaired) electrons. The Kier molecular flexibility index (Phi) is 9.60. The summed E-state index contributed by atoms with van der Waals surface area (Å²) in [7, 11) is 0. The molecule has 0 bridgehead atoms. The van der Waals surface area contributed by atoms with Gasteiger partial charge in [-0.05, 0) is 24.0 Å². The predicted molar refractivity (Wildman–Crippen MR) is 93.9 cm³/mol. The molecule has 1 aromatic carbocycles. The molecule has 0 spiro atoms. The molecular weight excluding hydrogens is 302 g/mol. The first-order valence-corrected chi connectivity index (χ1v) is 9.28. The number of benzene rings is 1. The maximum atomic E-state index is 11.8. The molecule has 0 unspecified atom stereocenters. The van der Waals surface area contributed by atoms with E-state index in [0.29, 0.717) is 11.7 Å². The van der Waals surface area contributed by atoms with E-state index >= 15 is 0 Å². The summed E-state index contributed by atoms with van der Waals surface area (Å²) in [5.74, 6) is 2.01. The SMILES string of the molecule is CCCC[C@@H](CC)CNC(=O)CSCc1ccccc1Cl. The lowest BCUT2D eigenvalue weighted by Crippen LogP contribution is -2.30. The summed E-state index contributed by atoms with van der Waals surface area (Å²) >= 11 is 7.70. The van der Waals surface area contributed by atoms with Crippen molar-refractivity contribution in [2.75, 3.05) is 12.3 Å². The maximum Gasteiger partial charge on any atom is 0.230 e. The quantitative estimate of drug-likeness (QED) is 0.661. The predicted octanol–water partition coefficient (Wildman–Crippen LogP) is 4.91. The summed E-state index contributed by atoms with van der Waals surface area (Å²) in [4.78, 5) is 11.8. The van der Waals surface area contributed by atoms with E-state index in [-0.39, 0.29) is 5.91 Å². The van der Waals surface area contributed by atoms with Gasteiger partial charge in [-0.2, -0.15) is 0 Å². The zero-order valence-electron chi connectivity index (χ0n) is 13.0. The molecular formula is C17H26ClNOS. The highest BCUT2D eigenvalue weighted by Gasteiger charge is 2.08. The van der Waals surface area contributed by atoms with Gasteiger partial charge in [0.1, 0.15) is 0 Å². The van der Waals surface area contributed by atoms with Gasteiger partial charge in [0.2, 0.25) is 5.91 Å². The van der Waals surface area contributed by atoms with Crippen LogP contribution in [0.5, 0.6) is 0 Å². The number of rotatable bonds is 10. The van der Waals surface area contributed by atoms with E-state index in [4.69, 9.17) is 11.6 Å². The molecule has 0 aromatic heterocycles. The van der Waals surface area contributed by atoms with Crippen molar-refractivity contribution in [3.8, 4) is 0 Å². The molecule has 0 aliphatic carbocycles. The molecule has 1 amide bonds. The van der Waals surface area contributed by atoms with E-state index in [1.165, 1.54) is 19.3 Å². The molecule has 1 N–H and O–H groups in total. The molecule has 1 rings (SSSR count). The zero-order valence-corrected chi connectivity index (χ0v) is 14.6. The monoisotopic (exact) mass is 327 g/mol. The van der Waals surface area contributed by atoms with Gasteiger partial charge in [0.15, 0.2) is 0 Å². The minimum atomic E-state index is 0.127. The topological polar surface area (TPSA) is 29.1 Å². The Bertz CT molecular complexity index is 425. The number of hydrogen-bond donors (Lipinski definition) is 1. The van der Waals surface area contributed by atoms with Crippen LogP contribution in [0.15, 0.2) is 24.3 Å². The lowest BCUT2D eigenvalue weighted by molar-refractivity contribution is -0.118. The molecule has 0 aliphatic rings. The number of thioether (sulfide) groups is 1. The van der Waals surface area contributed by atoms with Crippen molar-refractivity contribution in [2.45, 2.75) is 45.3 Å². The van der Waals surface area contributed by atoms with E-state index < -0.39 is 0 Å². The van der Waals surface area contributed by atoms with Gasteiger partial charge < -0.3 is 5.32 Å².